The van der Waals surface area contributed by atoms with E-state index in [1.165, 1.54) is 37.3 Å². The zero-order valence-electron chi connectivity index (χ0n) is 16.3. The van der Waals surface area contributed by atoms with Gasteiger partial charge in [0.05, 0.1) is 18.3 Å². The monoisotopic (exact) mass is 381 g/mol. The molecule has 0 saturated carbocycles. The number of ether oxygens (including phenoxy) is 1. The number of carbonyl (C=O) groups is 1. The van der Waals surface area contributed by atoms with E-state index in [-0.39, 0.29) is 12.0 Å². The van der Waals surface area contributed by atoms with E-state index in [0.717, 1.165) is 30.5 Å². The van der Waals surface area contributed by atoms with Crippen LogP contribution in [0.5, 0.6) is 0 Å². The van der Waals surface area contributed by atoms with Gasteiger partial charge in [-0.2, -0.15) is 0 Å². The van der Waals surface area contributed by atoms with Crippen LogP contribution in [0.2, 0.25) is 0 Å². The third kappa shape index (κ3) is 5.95. The molecule has 26 heavy (non-hydrogen) atoms. The lowest BCUT2D eigenvalue weighted by molar-refractivity contribution is 0.0531. The molecule has 8 heteroatoms. The molecule has 0 radical (unpaired) electrons. The zero-order chi connectivity index (χ0) is 18.9. The first-order valence-electron chi connectivity index (χ1n) is 9.39. The first kappa shape index (κ1) is 20.6. The highest BCUT2D eigenvalue weighted by atomic mass is 32.1. The van der Waals surface area contributed by atoms with E-state index >= 15 is 0 Å². The van der Waals surface area contributed by atoms with E-state index in [9.17, 15) is 4.79 Å². The Bertz CT molecular complexity index is 611. The maximum atomic E-state index is 12.0. The third-order valence-corrected chi connectivity index (χ3v) is 5.68. The molecule has 1 aliphatic rings. The maximum Gasteiger partial charge on any atom is 0.350 e. The van der Waals surface area contributed by atoms with Crippen molar-refractivity contribution in [2.45, 2.75) is 46.1 Å². The van der Waals surface area contributed by atoms with Crippen LogP contribution in [0.25, 0.3) is 0 Å². The highest BCUT2D eigenvalue weighted by Crippen LogP contribution is 2.24. The number of likely N-dealkylation sites (tertiary alicyclic amines) is 1. The van der Waals surface area contributed by atoms with Gasteiger partial charge in [-0.3, -0.25) is 4.99 Å². The van der Waals surface area contributed by atoms with Gasteiger partial charge in [0.25, 0.3) is 0 Å². The van der Waals surface area contributed by atoms with E-state index in [4.69, 9.17) is 4.74 Å². The molecular weight excluding hydrogens is 350 g/mol. The fourth-order valence-electron chi connectivity index (χ4n) is 2.97. The summed E-state index contributed by atoms with van der Waals surface area (Å²) < 4.78 is 5.08. The van der Waals surface area contributed by atoms with Crippen molar-refractivity contribution < 1.29 is 9.53 Å². The summed E-state index contributed by atoms with van der Waals surface area (Å²) in [7, 11) is 1.76. The highest BCUT2D eigenvalue weighted by molar-refractivity contribution is 7.13. The van der Waals surface area contributed by atoms with Gasteiger partial charge >= 0.3 is 5.97 Å². The molecule has 1 aromatic rings. The second kappa shape index (κ2) is 10.5. The van der Waals surface area contributed by atoms with Crippen LogP contribution in [0.3, 0.4) is 0 Å². The molecule has 0 bridgehead atoms. The predicted molar refractivity (Wildman–Crippen MR) is 106 cm³/mol. The molecule has 7 nitrogen and oxygen atoms in total. The SMILES string of the molecule is CCOC(=O)c1sc(C(C)NC(=NC)NCCCN2CCCC2)nc1C. The maximum absolute atomic E-state index is 12.0. The summed E-state index contributed by atoms with van der Waals surface area (Å²) >= 11 is 1.38. The van der Waals surface area contributed by atoms with E-state index in [1.807, 2.05) is 13.8 Å². The molecule has 0 aliphatic carbocycles. The number of aliphatic imine (C=N–C) groups is 1. The van der Waals surface area contributed by atoms with Gasteiger partial charge in [-0.15, -0.1) is 11.3 Å². The molecule has 1 unspecified atom stereocenters. The number of aryl methyl sites for hydroxylation is 1. The number of hydrogen-bond acceptors (Lipinski definition) is 6. The lowest BCUT2D eigenvalue weighted by Gasteiger charge is -2.18. The molecule has 0 aromatic carbocycles. The highest BCUT2D eigenvalue weighted by Gasteiger charge is 2.20. The average molecular weight is 382 g/mol. The lowest BCUT2D eigenvalue weighted by Crippen LogP contribution is -2.39. The van der Waals surface area contributed by atoms with E-state index < -0.39 is 0 Å². The smallest absolute Gasteiger partial charge is 0.350 e. The summed E-state index contributed by atoms with van der Waals surface area (Å²) in [6.45, 7) is 10.5. The van der Waals surface area contributed by atoms with Gasteiger partial charge in [0.2, 0.25) is 0 Å². The van der Waals surface area contributed by atoms with Crippen molar-refractivity contribution in [2.75, 3.05) is 39.8 Å². The lowest BCUT2D eigenvalue weighted by atomic mass is 10.3. The van der Waals surface area contributed by atoms with Crippen LogP contribution in [-0.2, 0) is 4.74 Å². The van der Waals surface area contributed by atoms with Gasteiger partial charge < -0.3 is 20.3 Å². The third-order valence-electron chi connectivity index (χ3n) is 4.36. The number of thiazole rings is 1. The van der Waals surface area contributed by atoms with Crippen molar-refractivity contribution in [3.63, 3.8) is 0 Å². The van der Waals surface area contributed by atoms with Gasteiger partial charge in [-0.1, -0.05) is 0 Å². The second-order valence-corrected chi connectivity index (χ2v) is 7.49. The van der Waals surface area contributed by atoms with E-state index in [2.05, 4.69) is 25.5 Å². The van der Waals surface area contributed by atoms with Crippen LogP contribution in [-0.4, -0.2) is 61.6 Å². The Morgan fingerprint density at radius 3 is 2.81 bits per heavy atom. The van der Waals surface area contributed by atoms with Crippen molar-refractivity contribution in [1.82, 2.24) is 20.5 Å². The Balaban J connectivity index is 1.81. The molecule has 1 atom stereocenters. The normalized spacial score (nSPS) is 16.5. The quantitative estimate of drug-likeness (QED) is 0.311. The summed E-state index contributed by atoms with van der Waals surface area (Å²) in [5.41, 5.74) is 0.714. The molecule has 146 valence electrons. The van der Waals surface area contributed by atoms with Crippen molar-refractivity contribution in [2.24, 2.45) is 4.99 Å². The number of carbonyl (C=O) groups excluding carboxylic acids is 1. The average Bonchev–Trinajstić information content (AvgIpc) is 3.27. The minimum Gasteiger partial charge on any atom is -0.462 e. The zero-order valence-corrected chi connectivity index (χ0v) is 17.1. The number of guanidine groups is 1. The Morgan fingerprint density at radius 2 is 2.15 bits per heavy atom. The van der Waals surface area contributed by atoms with Crippen molar-refractivity contribution >= 4 is 23.3 Å². The molecule has 0 amide bonds. The molecule has 2 heterocycles. The molecule has 0 spiro atoms. The Morgan fingerprint density at radius 1 is 1.42 bits per heavy atom. The largest absolute Gasteiger partial charge is 0.462 e. The second-order valence-electron chi connectivity index (χ2n) is 6.45. The Kier molecular flexibility index (Phi) is 8.31. The molecule has 1 aliphatic heterocycles. The van der Waals surface area contributed by atoms with Gasteiger partial charge in [0, 0.05) is 13.6 Å². The summed E-state index contributed by atoms with van der Waals surface area (Å²) in [6, 6.07) is -0.0355. The van der Waals surface area contributed by atoms with Crippen molar-refractivity contribution in [1.29, 1.82) is 0 Å². The van der Waals surface area contributed by atoms with Gasteiger partial charge in [0.15, 0.2) is 5.96 Å². The van der Waals surface area contributed by atoms with Crippen LogP contribution < -0.4 is 10.6 Å². The van der Waals surface area contributed by atoms with Crippen molar-refractivity contribution in [3.8, 4) is 0 Å². The van der Waals surface area contributed by atoms with Gasteiger partial charge in [-0.05, 0) is 59.7 Å². The summed E-state index contributed by atoms with van der Waals surface area (Å²) in [5.74, 6) is 0.454. The van der Waals surface area contributed by atoms with Crippen molar-refractivity contribution in [3.05, 3.63) is 15.6 Å². The number of nitrogens with one attached hydrogen (secondary N) is 2. The molecule has 1 aromatic heterocycles. The van der Waals surface area contributed by atoms with Gasteiger partial charge in [0.1, 0.15) is 9.88 Å². The number of esters is 1. The minimum absolute atomic E-state index is 0.0355. The topological polar surface area (TPSA) is 78.8 Å². The van der Waals surface area contributed by atoms with Gasteiger partial charge in [-0.25, -0.2) is 9.78 Å². The first-order valence-corrected chi connectivity index (χ1v) is 10.2. The minimum atomic E-state index is -0.301. The molecule has 1 fully saturated rings. The van der Waals surface area contributed by atoms with Crippen LogP contribution in [0, 0.1) is 6.92 Å². The number of hydrogen-bond donors (Lipinski definition) is 2. The fourth-order valence-corrected chi connectivity index (χ4v) is 3.93. The van der Waals surface area contributed by atoms with Crippen LogP contribution >= 0.6 is 11.3 Å². The van der Waals surface area contributed by atoms with Crippen LogP contribution in [0.4, 0.5) is 0 Å². The van der Waals surface area contributed by atoms with E-state index in [1.54, 1.807) is 14.0 Å². The summed E-state index contributed by atoms with van der Waals surface area (Å²) in [5, 5.41) is 7.55. The molecule has 2 rings (SSSR count). The Labute approximate surface area is 160 Å². The standard InChI is InChI=1S/C18H31N5O2S/c1-5-25-17(24)15-13(2)21-16(26-15)14(3)22-18(19-4)20-9-8-12-23-10-6-7-11-23/h14H,5-12H2,1-4H3,(H2,19,20,22). The summed E-state index contributed by atoms with van der Waals surface area (Å²) in [6.07, 6.45) is 3.75. The number of nitrogens with zero attached hydrogens (tertiary/aromatic N) is 3. The first-order chi connectivity index (χ1) is 12.5. The van der Waals surface area contributed by atoms with Crippen LogP contribution in [0.15, 0.2) is 4.99 Å². The summed E-state index contributed by atoms with van der Waals surface area (Å²) in [4.78, 5) is 23.8. The number of rotatable bonds is 8. The Hall–Kier alpha value is -1.67. The molecule has 1 saturated heterocycles. The predicted octanol–water partition coefficient (Wildman–Crippen LogP) is 2.34. The van der Waals surface area contributed by atoms with Crippen LogP contribution in [0.1, 0.15) is 59.5 Å². The molecule has 2 N–H and O–H groups in total. The van der Waals surface area contributed by atoms with E-state index in [0.29, 0.717) is 17.2 Å². The molecular formula is C18H31N5O2S. The fraction of sp³-hybridized carbons (Fsp3) is 0.722. The number of aromatic nitrogens is 1.